The van der Waals surface area contributed by atoms with Crippen molar-refractivity contribution in [2.24, 2.45) is 11.3 Å². The number of aryl methyl sites for hydroxylation is 2. The lowest BCUT2D eigenvalue weighted by Crippen LogP contribution is -2.52. The van der Waals surface area contributed by atoms with E-state index in [1.165, 1.54) is 0 Å². The summed E-state index contributed by atoms with van der Waals surface area (Å²) < 4.78 is 5.53. The average Bonchev–Trinajstić information content (AvgIpc) is 2.65. The van der Waals surface area contributed by atoms with Gasteiger partial charge in [0.25, 0.3) is 5.91 Å². The minimum atomic E-state index is -0.474. The SMILES string of the molecule is Cc1ccc(C)c(OCC(=O)NNC(=O)C2CCCN(C(=O)C(C)(C)C)C2)c1. The maximum atomic E-state index is 12.4. The van der Waals surface area contributed by atoms with E-state index < -0.39 is 11.3 Å². The van der Waals surface area contributed by atoms with Crippen molar-refractivity contribution >= 4 is 17.7 Å². The molecule has 0 aromatic heterocycles. The third-order valence-corrected chi connectivity index (χ3v) is 4.75. The van der Waals surface area contributed by atoms with Crippen LogP contribution in [0.1, 0.15) is 44.7 Å². The Labute approximate surface area is 166 Å². The van der Waals surface area contributed by atoms with Crippen LogP contribution in [-0.4, -0.2) is 42.3 Å². The molecular weight excluding hydrogens is 358 g/mol. The zero-order chi connectivity index (χ0) is 20.9. The minimum Gasteiger partial charge on any atom is -0.483 e. The number of ether oxygens (including phenoxy) is 1. The predicted molar refractivity (Wildman–Crippen MR) is 106 cm³/mol. The Morgan fingerprint density at radius 1 is 1.18 bits per heavy atom. The summed E-state index contributed by atoms with van der Waals surface area (Å²) in [6.07, 6.45) is 1.46. The highest BCUT2D eigenvalue weighted by Crippen LogP contribution is 2.23. The van der Waals surface area contributed by atoms with Crippen molar-refractivity contribution in [3.8, 4) is 5.75 Å². The Morgan fingerprint density at radius 3 is 2.57 bits per heavy atom. The lowest BCUT2D eigenvalue weighted by atomic mass is 9.91. The van der Waals surface area contributed by atoms with E-state index >= 15 is 0 Å². The summed E-state index contributed by atoms with van der Waals surface area (Å²) in [5.41, 5.74) is 6.35. The van der Waals surface area contributed by atoms with Crippen LogP contribution in [-0.2, 0) is 14.4 Å². The van der Waals surface area contributed by atoms with Crippen molar-refractivity contribution in [1.82, 2.24) is 15.8 Å². The molecule has 0 radical (unpaired) electrons. The van der Waals surface area contributed by atoms with Crippen molar-refractivity contribution in [2.75, 3.05) is 19.7 Å². The summed E-state index contributed by atoms with van der Waals surface area (Å²) in [5.74, 6) is -0.375. The summed E-state index contributed by atoms with van der Waals surface area (Å²) >= 11 is 0. The maximum Gasteiger partial charge on any atom is 0.276 e. The molecule has 7 heteroatoms. The molecule has 7 nitrogen and oxygen atoms in total. The second-order valence-electron chi connectivity index (χ2n) is 8.44. The van der Waals surface area contributed by atoms with Gasteiger partial charge in [-0.25, -0.2) is 0 Å². The van der Waals surface area contributed by atoms with E-state index in [1.807, 2.05) is 52.8 Å². The predicted octanol–water partition coefficient (Wildman–Crippen LogP) is 2.11. The quantitative estimate of drug-likeness (QED) is 0.772. The molecule has 1 aromatic carbocycles. The highest BCUT2D eigenvalue weighted by atomic mass is 16.5. The number of piperidine rings is 1. The molecule has 1 unspecified atom stereocenters. The molecular formula is C21H31N3O4. The van der Waals surface area contributed by atoms with Gasteiger partial charge in [-0.3, -0.25) is 25.2 Å². The monoisotopic (exact) mass is 389 g/mol. The Balaban J connectivity index is 1.80. The Hall–Kier alpha value is -2.57. The number of amides is 3. The van der Waals surface area contributed by atoms with Crippen molar-refractivity contribution in [2.45, 2.75) is 47.5 Å². The molecule has 0 spiro atoms. The molecule has 1 heterocycles. The fourth-order valence-corrected chi connectivity index (χ4v) is 3.13. The van der Waals surface area contributed by atoms with E-state index in [1.54, 1.807) is 4.90 Å². The van der Waals surface area contributed by atoms with Gasteiger partial charge in [-0.2, -0.15) is 0 Å². The van der Waals surface area contributed by atoms with Gasteiger partial charge in [0.05, 0.1) is 5.92 Å². The number of hydrogen-bond acceptors (Lipinski definition) is 4. The number of hydrazine groups is 1. The van der Waals surface area contributed by atoms with E-state index in [0.717, 1.165) is 17.5 Å². The van der Waals surface area contributed by atoms with Crippen LogP contribution < -0.4 is 15.6 Å². The number of benzene rings is 1. The smallest absolute Gasteiger partial charge is 0.276 e. The third kappa shape index (κ3) is 5.97. The molecule has 1 saturated heterocycles. The molecule has 1 aliphatic heterocycles. The average molecular weight is 389 g/mol. The second-order valence-corrected chi connectivity index (χ2v) is 8.44. The molecule has 0 aliphatic carbocycles. The number of carbonyl (C=O) groups is 3. The molecule has 1 atom stereocenters. The van der Waals surface area contributed by atoms with Gasteiger partial charge in [0.2, 0.25) is 11.8 Å². The number of likely N-dealkylation sites (tertiary alicyclic amines) is 1. The maximum absolute atomic E-state index is 12.4. The Bertz CT molecular complexity index is 740. The highest BCUT2D eigenvalue weighted by molar-refractivity contribution is 5.85. The van der Waals surface area contributed by atoms with Crippen molar-refractivity contribution in [3.05, 3.63) is 29.3 Å². The van der Waals surface area contributed by atoms with Gasteiger partial charge < -0.3 is 9.64 Å². The summed E-state index contributed by atoms with van der Waals surface area (Å²) in [4.78, 5) is 38.5. The number of hydrogen-bond donors (Lipinski definition) is 2. The van der Waals surface area contributed by atoms with Crippen LogP contribution in [0.2, 0.25) is 0 Å². The van der Waals surface area contributed by atoms with E-state index in [9.17, 15) is 14.4 Å². The third-order valence-electron chi connectivity index (χ3n) is 4.75. The molecule has 2 rings (SSSR count). The molecule has 1 aliphatic rings. The largest absolute Gasteiger partial charge is 0.483 e. The van der Waals surface area contributed by atoms with Gasteiger partial charge >= 0.3 is 0 Å². The van der Waals surface area contributed by atoms with E-state index in [4.69, 9.17) is 4.74 Å². The second kappa shape index (κ2) is 9.08. The number of nitrogens with one attached hydrogen (secondary N) is 2. The summed E-state index contributed by atoms with van der Waals surface area (Å²) in [6, 6.07) is 5.77. The normalized spacial score (nSPS) is 17.0. The van der Waals surface area contributed by atoms with Gasteiger partial charge in [-0.15, -0.1) is 0 Å². The molecule has 154 valence electrons. The van der Waals surface area contributed by atoms with Gasteiger partial charge in [0, 0.05) is 18.5 Å². The van der Waals surface area contributed by atoms with Gasteiger partial charge in [-0.05, 0) is 43.9 Å². The van der Waals surface area contributed by atoms with Crippen LogP contribution in [0, 0.1) is 25.2 Å². The standard InChI is InChI=1S/C21H31N3O4/c1-14-8-9-15(2)17(11-14)28-13-18(25)22-23-19(26)16-7-6-10-24(12-16)20(27)21(3,4)5/h8-9,11,16H,6-7,10,12-13H2,1-5H3,(H,22,25)(H,23,26). The molecule has 1 aromatic rings. The van der Waals surface area contributed by atoms with Gasteiger partial charge in [-0.1, -0.05) is 32.9 Å². The van der Waals surface area contributed by atoms with E-state index in [-0.39, 0.29) is 24.3 Å². The Kier molecular flexibility index (Phi) is 7.05. The van der Waals surface area contributed by atoms with Crippen molar-refractivity contribution in [3.63, 3.8) is 0 Å². The number of nitrogens with zero attached hydrogens (tertiary/aromatic N) is 1. The van der Waals surface area contributed by atoms with Crippen molar-refractivity contribution < 1.29 is 19.1 Å². The van der Waals surface area contributed by atoms with Crippen LogP contribution in [0.15, 0.2) is 18.2 Å². The first-order chi connectivity index (χ1) is 13.1. The first-order valence-electron chi connectivity index (χ1n) is 9.66. The molecule has 3 amide bonds. The summed E-state index contributed by atoms with van der Waals surface area (Å²) in [6.45, 7) is 10.3. The number of carbonyl (C=O) groups excluding carboxylic acids is 3. The highest BCUT2D eigenvalue weighted by Gasteiger charge is 2.33. The minimum absolute atomic E-state index is 0.0379. The first-order valence-corrected chi connectivity index (χ1v) is 9.66. The van der Waals surface area contributed by atoms with Crippen LogP contribution in [0.5, 0.6) is 5.75 Å². The zero-order valence-electron chi connectivity index (χ0n) is 17.4. The van der Waals surface area contributed by atoms with Crippen LogP contribution in [0.25, 0.3) is 0 Å². The molecule has 1 fully saturated rings. The molecule has 2 N–H and O–H groups in total. The van der Waals surface area contributed by atoms with E-state index in [2.05, 4.69) is 10.9 Å². The summed E-state index contributed by atoms with van der Waals surface area (Å²) in [5, 5.41) is 0. The molecule has 28 heavy (non-hydrogen) atoms. The summed E-state index contributed by atoms with van der Waals surface area (Å²) in [7, 11) is 0. The zero-order valence-corrected chi connectivity index (χ0v) is 17.4. The lowest BCUT2D eigenvalue weighted by molar-refractivity contribution is -0.143. The van der Waals surface area contributed by atoms with Gasteiger partial charge in [0.15, 0.2) is 6.61 Å². The van der Waals surface area contributed by atoms with E-state index in [0.29, 0.717) is 25.3 Å². The van der Waals surface area contributed by atoms with Crippen LogP contribution in [0.4, 0.5) is 0 Å². The topological polar surface area (TPSA) is 87.7 Å². The van der Waals surface area contributed by atoms with Crippen LogP contribution in [0.3, 0.4) is 0 Å². The first kappa shape index (κ1) is 21.7. The molecule has 0 bridgehead atoms. The fourth-order valence-electron chi connectivity index (χ4n) is 3.13. The fraction of sp³-hybridized carbons (Fsp3) is 0.571. The molecule has 0 saturated carbocycles. The van der Waals surface area contributed by atoms with Crippen LogP contribution >= 0.6 is 0 Å². The van der Waals surface area contributed by atoms with Crippen molar-refractivity contribution in [1.29, 1.82) is 0 Å². The Morgan fingerprint density at radius 2 is 1.89 bits per heavy atom. The van der Waals surface area contributed by atoms with Gasteiger partial charge in [0.1, 0.15) is 5.75 Å². The number of rotatable bonds is 4. The lowest BCUT2D eigenvalue weighted by Gasteiger charge is -2.35.